The van der Waals surface area contributed by atoms with E-state index in [4.69, 9.17) is 0 Å². The first-order valence-corrected chi connectivity index (χ1v) is 9.76. The van der Waals surface area contributed by atoms with E-state index in [1.165, 1.54) is 19.8 Å². The van der Waals surface area contributed by atoms with E-state index in [0.717, 1.165) is 19.3 Å². The SMILES string of the molecule is CCCCCCCC(S)C(C)(C(O)CCC)P(=O)(O)O. The van der Waals surface area contributed by atoms with E-state index >= 15 is 0 Å². The second-order valence-electron chi connectivity index (χ2n) is 5.79. The van der Waals surface area contributed by atoms with Gasteiger partial charge in [0.05, 0.1) is 6.10 Å². The molecule has 0 fully saturated rings. The molecule has 0 heterocycles. The second-order valence-corrected chi connectivity index (χ2v) is 8.47. The highest BCUT2D eigenvalue weighted by Crippen LogP contribution is 2.57. The lowest BCUT2D eigenvalue weighted by Gasteiger charge is -2.39. The van der Waals surface area contributed by atoms with Gasteiger partial charge in [-0.05, 0) is 19.8 Å². The molecule has 6 heteroatoms. The topological polar surface area (TPSA) is 77.8 Å². The number of thiol groups is 1. The van der Waals surface area contributed by atoms with Crippen LogP contribution in [0, 0.1) is 0 Å². The molecule has 0 radical (unpaired) electrons. The van der Waals surface area contributed by atoms with E-state index in [1.54, 1.807) is 0 Å². The largest absolute Gasteiger partial charge is 0.392 e. The van der Waals surface area contributed by atoms with Crippen molar-refractivity contribution in [2.45, 2.75) is 88.6 Å². The highest BCUT2D eigenvalue weighted by Gasteiger charge is 2.52. The fourth-order valence-electron chi connectivity index (χ4n) is 2.41. The van der Waals surface area contributed by atoms with Gasteiger partial charge in [0.2, 0.25) is 0 Å². The van der Waals surface area contributed by atoms with Crippen LogP contribution in [0.15, 0.2) is 0 Å². The summed E-state index contributed by atoms with van der Waals surface area (Å²) in [6, 6.07) is 0. The summed E-state index contributed by atoms with van der Waals surface area (Å²) in [6.45, 7) is 5.51. The van der Waals surface area contributed by atoms with Crippen LogP contribution in [0.3, 0.4) is 0 Å². The standard InChI is InChI=1S/C14H31O4PS/c1-4-6-7-8-9-11-13(20)14(3,19(16,17)18)12(15)10-5-2/h12-13,15,20H,4-11H2,1-3H3,(H2,16,17,18). The van der Waals surface area contributed by atoms with Crippen molar-refractivity contribution in [3.05, 3.63) is 0 Å². The van der Waals surface area contributed by atoms with Crippen LogP contribution in [-0.2, 0) is 4.57 Å². The van der Waals surface area contributed by atoms with Crippen molar-refractivity contribution in [2.75, 3.05) is 0 Å². The first kappa shape index (κ1) is 20.5. The summed E-state index contributed by atoms with van der Waals surface area (Å²) in [4.78, 5) is 19.3. The highest BCUT2D eigenvalue weighted by molar-refractivity contribution is 7.81. The predicted molar refractivity (Wildman–Crippen MR) is 87.5 cm³/mol. The Labute approximate surface area is 128 Å². The summed E-state index contributed by atoms with van der Waals surface area (Å²) in [7, 11) is -4.42. The molecule has 0 aromatic rings. The Morgan fingerprint density at radius 2 is 1.60 bits per heavy atom. The normalized spacial score (nSPS) is 18.6. The zero-order valence-corrected chi connectivity index (χ0v) is 14.7. The average Bonchev–Trinajstić information content (AvgIpc) is 2.36. The van der Waals surface area contributed by atoms with Crippen LogP contribution in [0.4, 0.5) is 0 Å². The van der Waals surface area contributed by atoms with Gasteiger partial charge in [-0.3, -0.25) is 4.57 Å². The summed E-state index contributed by atoms with van der Waals surface area (Å²) in [6.07, 6.45) is 6.10. The van der Waals surface area contributed by atoms with Crippen LogP contribution in [-0.4, -0.2) is 31.4 Å². The number of hydrogen-bond acceptors (Lipinski definition) is 3. The van der Waals surface area contributed by atoms with Gasteiger partial charge in [0.1, 0.15) is 5.16 Å². The summed E-state index contributed by atoms with van der Waals surface area (Å²) in [5, 5.41) is 8.22. The van der Waals surface area contributed by atoms with E-state index in [9.17, 15) is 19.5 Å². The van der Waals surface area contributed by atoms with Gasteiger partial charge in [-0.2, -0.15) is 12.6 Å². The Morgan fingerprint density at radius 1 is 1.05 bits per heavy atom. The van der Waals surface area contributed by atoms with Crippen molar-refractivity contribution in [3.8, 4) is 0 Å². The second kappa shape index (κ2) is 9.47. The fourth-order valence-corrected chi connectivity index (χ4v) is 4.25. The molecule has 0 amide bonds. The van der Waals surface area contributed by atoms with E-state index in [2.05, 4.69) is 19.6 Å². The number of aliphatic hydroxyl groups excluding tert-OH is 1. The Hall–Kier alpha value is 0.460. The molecule has 3 atom stereocenters. The van der Waals surface area contributed by atoms with Crippen LogP contribution >= 0.6 is 20.2 Å². The quantitative estimate of drug-likeness (QED) is 0.265. The zero-order valence-electron chi connectivity index (χ0n) is 13.0. The van der Waals surface area contributed by atoms with Crippen LogP contribution in [0.1, 0.15) is 72.1 Å². The van der Waals surface area contributed by atoms with Gasteiger partial charge < -0.3 is 14.9 Å². The smallest absolute Gasteiger partial charge is 0.335 e. The Morgan fingerprint density at radius 3 is 2.05 bits per heavy atom. The van der Waals surface area contributed by atoms with Crippen molar-refractivity contribution < 1.29 is 19.5 Å². The van der Waals surface area contributed by atoms with E-state index < -0.39 is 24.1 Å². The maximum absolute atomic E-state index is 11.8. The van der Waals surface area contributed by atoms with Gasteiger partial charge in [-0.1, -0.05) is 52.4 Å². The van der Waals surface area contributed by atoms with Crippen molar-refractivity contribution in [1.82, 2.24) is 0 Å². The maximum Gasteiger partial charge on any atom is 0.335 e. The molecular weight excluding hydrogens is 295 g/mol. The molecule has 20 heavy (non-hydrogen) atoms. The minimum atomic E-state index is -4.42. The average molecular weight is 326 g/mol. The van der Waals surface area contributed by atoms with Gasteiger partial charge in [0.15, 0.2) is 0 Å². The summed E-state index contributed by atoms with van der Waals surface area (Å²) in [5.74, 6) is 0. The monoisotopic (exact) mass is 326 g/mol. The molecule has 0 aliphatic carbocycles. The molecule has 0 aromatic heterocycles. The number of unbranched alkanes of at least 4 members (excludes halogenated alkanes) is 4. The first-order valence-electron chi connectivity index (χ1n) is 7.63. The maximum atomic E-state index is 11.8. The summed E-state index contributed by atoms with van der Waals surface area (Å²) >= 11 is 4.41. The van der Waals surface area contributed by atoms with Crippen LogP contribution in [0.5, 0.6) is 0 Å². The Kier molecular flexibility index (Phi) is 9.69. The minimum Gasteiger partial charge on any atom is -0.392 e. The first-order chi connectivity index (χ1) is 9.21. The van der Waals surface area contributed by atoms with Crippen molar-refractivity contribution in [2.24, 2.45) is 0 Å². The third kappa shape index (κ3) is 5.69. The van der Waals surface area contributed by atoms with Gasteiger partial charge in [0.25, 0.3) is 0 Å². The zero-order chi connectivity index (χ0) is 15.8. The predicted octanol–water partition coefficient (Wildman–Crippen LogP) is 3.74. The lowest BCUT2D eigenvalue weighted by Crippen LogP contribution is -2.47. The molecular formula is C14H31O4PS. The molecule has 4 nitrogen and oxygen atoms in total. The number of aliphatic hydroxyl groups is 1. The van der Waals surface area contributed by atoms with Gasteiger partial charge in [0, 0.05) is 5.25 Å². The third-order valence-electron chi connectivity index (χ3n) is 4.12. The van der Waals surface area contributed by atoms with Crippen molar-refractivity contribution >= 4 is 20.2 Å². The molecule has 0 aliphatic rings. The molecule has 0 saturated heterocycles. The number of rotatable bonds is 11. The number of hydrogen-bond donors (Lipinski definition) is 4. The Bertz CT molecular complexity index is 308. The molecule has 0 aromatic carbocycles. The molecule has 0 saturated carbocycles. The lowest BCUT2D eigenvalue weighted by molar-refractivity contribution is 0.103. The van der Waals surface area contributed by atoms with Crippen molar-refractivity contribution in [1.29, 1.82) is 0 Å². The summed E-state index contributed by atoms with van der Waals surface area (Å²) < 4.78 is 11.8. The molecule has 3 unspecified atom stereocenters. The van der Waals surface area contributed by atoms with Gasteiger partial charge >= 0.3 is 7.60 Å². The minimum absolute atomic E-state index is 0.383. The highest BCUT2D eigenvalue weighted by atomic mass is 32.1. The van der Waals surface area contributed by atoms with Crippen LogP contribution in [0.2, 0.25) is 0 Å². The molecule has 0 rings (SSSR count). The van der Waals surface area contributed by atoms with Gasteiger partial charge in [-0.15, -0.1) is 0 Å². The van der Waals surface area contributed by atoms with Crippen LogP contribution in [0.25, 0.3) is 0 Å². The van der Waals surface area contributed by atoms with E-state index in [0.29, 0.717) is 19.3 Å². The Balaban J connectivity index is 4.66. The molecule has 0 spiro atoms. The van der Waals surface area contributed by atoms with E-state index in [1.807, 2.05) is 6.92 Å². The molecule has 0 bridgehead atoms. The molecule has 0 aliphatic heterocycles. The van der Waals surface area contributed by atoms with Crippen molar-refractivity contribution in [3.63, 3.8) is 0 Å². The molecule has 122 valence electrons. The third-order valence-corrected chi connectivity index (χ3v) is 6.98. The summed E-state index contributed by atoms with van der Waals surface area (Å²) in [5.41, 5.74) is 0. The molecule has 3 N–H and O–H groups in total. The van der Waals surface area contributed by atoms with Crippen LogP contribution < -0.4 is 0 Å². The fraction of sp³-hybridized carbons (Fsp3) is 1.00. The lowest BCUT2D eigenvalue weighted by atomic mass is 9.92. The van der Waals surface area contributed by atoms with Gasteiger partial charge in [-0.25, -0.2) is 0 Å². The van der Waals surface area contributed by atoms with E-state index in [-0.39, 0.29) is 0 Å².